The van der Waals surface area contributed by atoms with E-state index in [2.05, 4.69) is 16.0 Å². The molecule has 3 N–H and O–H groups in total. The summed E-state index contributed by atoms with van der Waals surface area (Å²) in [5.74, 6) is 0.523. The maximum Gasteiger partial charge on any atom is 0.251 e. The summed E-state index contributed by atoms with van der Waals surface area (Å²) in [5.41, 5.74) is 2.06. The quantitative estimate of drug-likeness (QED) is 0.645. The summed E-state index contributed by atoms with van der Waals surface area (Å²) in [5, 5.41) is 8.66. The minimum atomic E-state index is -0.165. The lowest BCUT2D eigenvalue weighted by Gasteiger charge is -2.09. The van der Waals surface area contributed by atoms with Gasteiger partial charge in [-0.25, -0.2) is 0 Å². The molecule has 2 aromatic carbocycles. The van der Waals surface area contributed by atoms with Gasteiger partial charge in [0.15, 0.2) is 0 Å². The Bertz CT molecular complexity index is 712. The van der Waals surface area contributed by atoms with Crippen molar-refractivity contribution in [3.8, 4) is 5.75 Å². The van der Waals surface area contributed by atoms with Crippen LogP contribution in [0.5, 0.6) is 5.75 Å². The molecule has 0 saturated carbocycles. The SMILES string of the molecule is CCCNC(=O)c1ccc(NC(=O)CNc2ccc(OCC)cc2)cc1. The van der Waals surface area contributed by atoms with Crippen LogP contribution in [0.3, 0.4) is 0 Å². The second-order valence-corrected chi connectivity index (χ2v) is 5.69. The summed E-state index contributed by atoms with van der Waals surface area (Å²) < 4.78 is 5.38. The van der Waals surface area contributed by atoms with Gasteiger partial charge in [0.2, 0.25) is 5.91 Å². The van der Waals surface area contributed by atoms with Crippen molar-refractivity contribution < 1.29 is 14.3 Å². The van der Waals surface area contributed by atoms with Crippen LogP contribution < -0.4 is 20.7 Å². The molecular weight excluding hydrogens is 330 g/mol. The summed E-state index contributed by atoms with van der Waals surface area (Å²) in [6.07, 6.45) is 0.890. The maximum atomic E-state index is 12.0. The lowest BCUT2D eigenvalue weighted by molar-refractivity contribution is -0.114. The molecule has 2 aromatic rings. The number of amides is 2. The molecule has 0 bridgehead atoms. The van der Waals surface area contributed by atoms with E-state index < -0.39 is 0 Å². The summed E-state index contributed by atoms with van der Waals surface area (Å²) in [6, 6.07) is 14.3. The second-order valence-electron chi connectivity index (χ2n) is 5.69. The van der Waals surface area contributed by atoms with Crippen LogP contribution in [0.4, 0.5) is 11.4 Å². The van der Waals surface area contributed by atoms with Crippen molar-refractivity contribution in [2.45, 2.75) is 20.3 Å². The average Bonchev–Trinajstić information content (AvgIpc) is 2.66. The molecule has 0 aromatic heterocycles. The first kappa shape index (κ1) is 19.3. The lowest BCUT2D eigenvalue weighted by atomic mass is 10.2. The van der Waals surface area contributed by atoms with E-state index in [-0.39, 0.29) is 18.4 Å². The Labute approximate surface area is 153 Å². The van der Waals surface area contributed by atoms with Crippen LogP contribution in [0.15, 0.2) is 48.5 Å². The molecule has 2 amide bonds. The van der Waals surface area contributed by atoms with Gasteiger partial charge in [-0.3, -0.25) is 9.59 Å². The zero-order valence-corrected chi connectivity index (χ0v) is 15.2. The van der Waals surface area contributed by atoms with Gasteiger partial charge in [0.25, 0.3) is 5.91 Å². The van der Waals surface area contributed by atoms with Gasteiger partial charge in [-0.2, -0.15) is 0 Å². The highest BCUT2D eigenvalue weighted by Crippen LogP contribution is 2.15. The predicted octanol–water partition coefficient (Wildman–Crippen LogP) is 3.28. The topological polar surface area (TPSA) is 79.5 Å². The standard InChI is InChI=1S/C20H25N3O3/c1-3-13-21-20(25)15-5-7-17(8-6-15)23-19(24)14-22-16-9-11-18(12-10-16)26-4-2/h5-12,22H,3-4,13-14H2,1-2H3,(H,21,25)(H,23,24). The molecule has 0 fully saturated rings. The minimum Gasteiger partial charge on any atom is -0.494 e. The van der Waals surface area contributed by atoms with Gasteiger partial charge in [0.1, 0.15) is 5.75 Å². The van der Waals surface area contributed by atoms with Gasteiger partial charge in [-0.05, 0) is 61.9 Å². The number of benzene rings is 2. The highest BCUT2D eigenvalue weighted by molar-refractivity contribution is 5.96. The molecule has 0 aliphatic heterocycles. The lowest BCUT2D eigenvalue weighted by Crippen LogP contribution is -2.24. The second kappa shape index (κ2) is 10.1. The fourth-order valence-electron chi connectivity index (χ4n) is 2.27. The minimum absolute atomic E-state index is 0.109. The first-order chi connectivity index (χ1) is 12.6. The number of hydrogen-bond acceptors (Lipinski definition) is 4. The number of carbonyl (C=O) groups excluding carboxylic acids is 2. The van der Waals surface area contributed by atoms with Crippen LogP contribution in [0, 0.1) is 0 Å². The van der Waals surface area contributed by atoms with Crippen LogP contribution >= 0.6 is 0 Å². The third kappa shape index (κ3) is 6.12. The molecule has 0 heterocycles. The molecule has 0 unspecified atom stereocenters. The van der Waals surface area contributed by atoms with E-state index in [0.29, 0.717) is 24.4 Å². The molecule has 26 heavy (non-hydrogen) atoms. The fraction of sp³-hybridized carbons (Fsp3) is 0.300. The van der Waals surface area contributed by atoms with Crippen LogP contribution in [-0.2, 0) is 4.79 Å². The molecule has 6 heteroatoms. The molecule has 0 aliphatic carbocycles. The average molecular weight is 355 g/mol. The Kier molecular flexibility index (Phi) is 7.49. The number of ether oxygens (including phenoxy) is 1. The normalized spacial score (nSPS) is 10.1. The van der Waals surface area contributed by atoms with Crippen molar-refractivity contribution in [2.24, 2.45) is 0 Å². The van der Waals surface area contributed by atoms with Crippen LogP contribution in [0.1, 0.15) is 30.6 Å². The van der Waals surface area contributed by atoms with E-state index in [1.807, 2.05) is 38.1 Å². The maximum absolute atomic E-state index is 12.0. The van der Waals surface area contributed by atoms with Crippen molar-refractivity contribution in [3.05, 3.63) is 54.1 Å². The number of hydrogen-bond donors (Lipinski definition) is 3. The zero-order chi connectivity index (χ0) is 18.8. The first-order valence-corrected chi connectivity index (χ1v) is 8.77. The molecule has 6 nitrogen and oxygen atoms in total. The van der Waals surface area contributed by atoms with E-state index in [1.165, 1.54) is 0 Å². The summed E-state index contributed by atoms with van der Waals surface area (Å²) in [6.45, 7) is 5.34. The summed E-state index contributed by atoms with van der Waals surface area (Å²) >= 11 is 0. The van der Waals surface area contributed by atoms with Crippen LogP contribution in [0.2, 0.25) is 0 Å². The Morgan fingerprint density at radius 2 is 1.58 bits per heavy atom. The van der Waals surface area contributed by atoms with Crippen molar-refractivity contribution in [3.63, 3.8) is 0 Å². The van der Waals surface area contributed by atoms with Crippen LogP contribution in [-0.4, -0.2) is 31.5 Å². The Hall–Kier alpha value is -3.02. The van der Waals surface area contributed by atoms with Gasteiger partial charge < -0.3 is 20.7 Å². The van der Waals surface area contributed by atoms with Gasteiger partial charge >= 0.3 is 0 Å². The smallest absolute Gasteiger partial charge is 0.251 e. The number of carbonyl (C=O) groups is 2. The molecule has 0 radical (unpaired) electrons. The van der Waals surface area contributed by atoms with Gasteiger partial charge in [0, 0.05) is 23.5 Å². The largest absolute Gasteiger partial charge is 0.494 e. The van der Waals surface area contributed by atoms with E-state index in [0.717, 1.165) is 17.9 Å². The van der Waals surface area contributed by atoms with Crippen LogP contribution in [0.25, 0.3) is 0 Å². The Morgan fingerprint density at radius 3 is 2.19 bits per heavy atom. The van der Waals surface area contributed by atoms with E-state index >= 15 is 0 Å². The van der Waals surface area contributed by atoms with E-state index in [4.69, 9.17) is 4.74 Å². The monoisotopic (exact) mass is 355 g/mol. The zero-order valence-electron chi connectivity index (χ0n) is 15.2. The molecule has 138 valence electrons. The third-order valence-corrected chi connectivity index (χ3v) is 3.58. The van der Waals surface area contributed by atoms with E-state index in [9.17, 15) is 9.59 Å². The highest BCUT2D eigenvalue weighted by atomic mass is 16.5. The van der Waals surface area contributed by atoms with Crippen molar-refractivity contribution in [2.75, 3.05) is 30.3 Å². The molecule has 2 rings (SSSR count). The van der Waals surface area contributed by atoms with Crippen molar-refractivity contribution >= 4 is 23.2 Å². The Balaban J connectivity index is 1.81. The molecule has 0 saturated heterocycles. The van der Waals surface area contributed by atoms with E-state index in [1.54, 1.807) is 24.3 Å². The predicted molar refractivity (Wildman–Crippen MR) is 104 cm³/mol. The fourth-order valence-corrected chi connectivity index (χ4v) is 2.27. The van der Waals surface area contributed by atoms with Crippen molar-refractivity contribution in [1.29, 1.82) is 0 Å². The third-order valence-electron chi connectivity index (χ3n) is 3.58. The summed E-state index contributed by atoms with van der Waals surface area (Å²) in [7, 11) is 0. The molecule has 0 spiro atoms. The molecular formula is C20H25N3O3. The number of rotatable bonds is 9. The molecule has 0 atom stereocenters. The van der Waals surface area contributed by atoms with Crippen molar-refractivity contribution in [1.82, 2.24) is 5.32 Å². The molecule has 0 aliphatic rings. The van der Waals surface area contributed by atoms with Gasteiger partial charge in [-0.15, -0.1) is 0 Å². The number of anilines is 2. The first-order valence-electron chi connectivity index (χ1n) is 8.77. The summed E-state index contributed by atoms with van der Waals surface area (Å²) in [4.78, 5) is 23.9. The Morgan fingerprint density at radius 1 is 0.923 bits per heavy atom. The highest BCUT2D eigenvalue weighted by Gasteiger charge is 2.06. The number of nitrogens with one attached hydrogen (secondary N) is 3. The van der Waals surface area contributed by atoms with Gasteiger partial charge in [0.05, 0.1) is 13.2 Å². The van der Waals surface area contributed by atoms with Gasteiger partial charge in [-0.1, -0.05) is 6.92 Å².